The van der Waals surface area contributed by atoms with Crippen molar-refractivity contribution in [1.82, 2.24) is 0 Å². The van der Waals surface area contributed by atoms with Crippen molar-refractivity contribution >= 4 is 5.97 Å². The van der Waals surface area contributed by atoms with Crippen LogP contribution in [0, 0.1) is 0 Å². The van der Waals surface area contributed by atoms with Crippen LogP contribution < -0.4 is 0 Å². The number of aliphatic hydroxyl groups is 1. The van der Waals surface area contributed by atoms with Gasteiger partial charge in [0.1, 0.15) is 6.04 Å². The van der Waals surface area contributed by atoms with E-state index in [2.05, 4.69) is 10.0 Å². The number of nitrogens with zero attached hydrogens (tertiary/aromatic N) is 3. The maximum atomic E-state index is 10.9. The zero-order valence-electron chi connectivity index (χ0n) is 8.61. The molecular formula is C10H11N3O3. The molecule has 0 radical (unpaired) electrons. The van der Waals surface area contributed by atoms with Crippen molar-refractivity contribution in [1.29, 1.82) is 0 Å². The van der Waals surface area contributed by atoms with E-state index in [1.807, 2.05) is 0 Å². The molecule has 6 nitrogen and oxygen atoms in total. The number of rotatable bonds is 4. The van der Waals surface area contributed by atoms with Gasteiger partial charge in [0.15, 0.2) is 5.60 Å². The SMILES string of the molecule is C[C@](O)(C(=O)O)[C@@H](N=[N+]=[N-])c1ccccc1. The Hall–Kier alpha value is -2.04. The third kappa shape index (κ3) is 2.31. The van der Waals surface area contributed by atoms with E-state index in [9.17, 15) is 9.90 Å². The normalized spacial score (nSPS) is 15.6. The highest BCUT2D eigenvalue weighted by molar-refractivity contribution is 5.78. The first-order valence-electron chi connectivity index (χ1n) is 4.55. The molecular weight excluding hydrogens is 210 g/mol. The number of azide groups is 1. The standard InChI is InChI=1S/C10H11N3O3/c1-10(16,9(14)15)8(12-13-11)7-5-3-2-4-6-7/h2-6,8,16H,1H3,(H,14,15)/t8-,10+/m0/s1. The summed E-state index contributed by atoms with van der Waals surface area (Å²) in [5, 5.41) is 22.0. The molecule has 0 aromatic heterocycles. The minimum absolute atomic E-state index is 0.452. The lowest BCUT2D eigenvalue weighted by Crippen LogP contribution is -2.40. The van der Waals surface area contributed by atoms with Crippen molar-refractivity contribution in [2.75, 3.05) is 0 Å². The molecule has 84 valence electrons. The fourth-order valence-corrected chi connectivity index (χ4v) is 1.31. The Bertz CT molecular complexity index is 424. The number of hydrogen-bond donors (Lipinski definition) is 2. The van der Waals surface area contributed by atoms with Crippen LogP contribution in [0.1, 0.15) is 18.5 Å². The van der Waals surface area contributed by atoms with Crippen LogP contribution in [0.25, 0.3) is 10.4 Å². The van der Waals surface area contributed by atoms with Crippen molar-refractivity contribution in [2.24, 2.45) is 5.11 Å². The number of aliphatic carboxylic acids is 1. The Labute approximate surface area is 91.8 Å². The van der Waals surface area contributed by atoms with Crippen molar-refractivity contribution in [3.63, 3.8) is 0 Å². The van der Waals surface area contributed by atoms with Crippen LogP contribution in [0.4, 0.5) is 0 Å². The number of hydrogen-bond acceptors (Lipinski definition) is 3. The van der Waals surface area contributed by atoms with Crippen LogP contribution >= 0.6 is 0 Å². The van der Waals surface area contributed by atoms with E-state index in [0.29, 0.717) is 5.56 Å². The average molecular weight is 221 g/mol. The molecule has 0 saturated carbocycles. The van der Waals surface area contributed by atoms with Crippen LogP contribution in [-0.4, -0.2) is 21.8 Å². The lowest BCUT2D eigenvalue weighted by molar-refractivity contribution is -0.158. The molecule has 0 saturated heterocycles. The minimum atomic E-state index is -2.13. The molecule has 0 aliphatic rings. The molecule has 0 spiro atoms. The molecule has 1 rings (SSSR count). The topological polar surface area (TPSA) is 106 Å². The summed E-state index contributed by atoms with van der Waals surface area (Å²) in [5.74, 6) is -1.44. The number of benzene rings is 1. The van der Waals surface area contributed by atoms with Crippen LogP contribution in [0.5, 0.6) is 0 Å². The molecule has 0 fully saturated rings. The van der Waals surface area contributed by atoms with E-state index in [4.69, 9.17) is 10.6 Å². The molecule has 2 N–H and O–H groups in total. The van der Waals surface area contributed by atoms with Gasteiger partial charge in [-0.25, -0.2) is 4.79 Å². The van der Waals surface area contributed by atoms with Crippen molar-refractivity contribution in [2.45, 2.75) is 18.6 Å². The third-order valence-electron chi connectivity index (χ3n) is 2.25. The second-order valence-corrected chi connectivity index (χ2v) is 3.47. The van der Waals surface area contributed by atoms with Gasteiger partial charge in [0.2, 0.25) is 0 Å². The molecule has 1 aromatic rings. The summed E-state index contributed by atoms with van der Waals surface area (Å²) < 4.78 is 0. The number of carboxylic acid groups (broad SMARTS) is 1. The molecule has 16 heavy (non-hydrogen) atoms. The highest BCUT2D eigenvalue weighted by Gasteiger charge is 2.39. The lowest BCUT2D eigenvalue weighted by atomic mass is 9.91. The number of carboxylic acids is 1. The number of carbonyl (C=O) groups is 1. The van der Waals surface area contributed by atoms with Gasteiger partial charge in [-0.1, -0.05) is 35.4 Å². The van der Waals surface area contributed by atoms with Gasteiger partial charge >= 0.3 is 5.97 Å². The van der Waals surface area contributed by atoms with Gasteiger partial charge in [0, 0.05) is 4.91 Å². The fraction of sp³-hybridized carbons (Fsp3) is 0.300. The quantitative estimate of drug-likeness (QED) is 0.460. The Morgan fingerprint density at radius 3 is 2.50 bits per heavy atom. The molecule has 6 heteroatoms. The summed E-state index contributed by atoms with van der Waals surface area (Å²) in [5.41, 5.74) is 6.72. The molecule has 0 bridgehead atoms. The van der Waals surface area contributed by atoms with Gasteiger partial charge in [0.05, 0.1) is 0 Å². The Kier molecular flexibility index (Phi) is 3.50. The first kappa shape index (κ1) is 12.0. The highest BCUT2D eigenvalue weighted by atomic mass is 16.4. The second kappa shape index (κ2) is 4.65. The van der Waals surface area contributed by atoms with E-state index in [-0.39, 0.29) is 0 Å². The summed E-state index contributed by atoms with van der Waals surface area (Å²) >= 11 is 0. The van der Waals surface area contributed by atoms with Gasteiger partial charge < -0.3 is 10.2 Å². The van der Waals surface area contributed by atoms with Crippen LogP contribution in [-0.2, 0) is 4.79 Å². The first-order valence-corrected chi connectivity index (χ1v) is 4.55. The average Bonchev–Trinajstić information content (AvgIpc) is 2.26. The largest absolute Gasteiger partial charge is 0.479 e. The fourth-order valence-electron chi connectivity index (χ4n) is 1.31. The molecule has 0 aliphatic carbocycles. The summed E-state index contributed by atoms with van der Waals surface area (Å²) in [6, 6.07) is 7.12. The smallest absolute Gasteiger partial charge is 0.336 e. The summed E-state index contributed by atoms with van der Waals surface area (Å²) in [7, 11) is 0. The Balaban J connectivity index is 3.20. The molecule has 2 atom stereocenters. The van der Waals surface area contributed by atoms with Crippen LogP contribution in [0.3, 0.4) is 0 Å². The minimum Gasteiger partial charge on any atom is -0.479 e. The van der Waals surface area contributed by atoms with Crippen LogP contribution in [0.2, 0.25) is 0 Å². The molecule has 0 aliphatic heterocycles. The third-order valence-corrected chi connectivity index (χ3v) is 2.25. The van der Waals surface area contributed by atoms with Crippen LogP contribution in [0.15, 0.2) is 35.4 Å². The van der Waals surface area contributed by atoms with Gasteiger partial charge in [-0.2, -0.15) is 0 Å². The second-order valence-electron chi connectivity index (χ2n) is 3.47. The van der Waals surface area contributed by atoms with E-state index in [1.54, 1.807) is 30.3 Å². The van der Waals surface area contributed by atoms with E-state index in [1.165, 1.54) is 0 Å². The summed E-state index contributed by atoms with van der Waals surface area (Å²) in [4.78, 5) is 13.4. The molecule has 0 unspecified atom stereocenters. The Morgan fingerprint density at radius 2 is 2.06 bits per heavy atom. The first-order chi connectivity index (χ1) is 7.50. The predicted molar refractivity (Wildman–Crippen MR) is 56.6 cm³/mol. The molecule has 0 heterocycles. The van der Waals surface area contributed by atoms with Gasteiger partial charge in [-0.15, -0.1) is 0 Å². The summed E-state index contributed by atoms with van der Waals surface area (Å²) in [6.45, 7) is 1.10. The van der Waals surface area contributed by atoms with Gasteiger partial charge in [-0.05, 0) is 18.0 Å². The van der Waals surface area contributed by atoms with Gasteiger partial charge in [0.25, 0.3) is 0 Å². The zero-order valence-corrected chi connectivity index (χ0v) is 8.61. The zero-order chi connectivity index (χ0) is 12.2. The van der Waals surface area contributed by atoms with E-state index in [0.717, 1.165) is 6.92 Å². The lowest BCUT2D eigenvalue weighted by Gasteiger charge is -2.25. The monoisotopic (exact) mass is 221 g/mol. The van der Waals surface area contributed by atoms with Crippen molar-refractivity contribution < 1.29 is 15.0 Å². The maximum Gasteiger partial charge on any atom is 0.336 e. The predicted octanol–water partition coefficient (Wildman–Crippen LogP) is 1.87. The molecule has 1 aromatic carbocycles. The Morgan fingerprint density at radius 1 is 1.50 bits per heavy atom. The van der Waals surface area contributed by atoms with Crippen molar-refractivity contribution in [3.8, 4) is 0 Å². The maximum absolute atomic E-state index is 10.9. The molecule has 0 amide bonds. The van der Waals surface area contributed by atoms with E-state index < -0.39 is 17.6 Å². The van der Waals surface area contributed by atoms with Gasteiger partial charge in [-0.3, -0.25) is 0 Å². The van der Waals surface area contributed by atoms with E-state index >= 15 is 0 Å². The van der Waals surface area contributed by atoms with Crippen molar-refractivity contribution in [3.05, 3.63) is 46.3 Å². The summed E-state index contributed by atoms with van der Waals surface area (Å²) in [6.07, 6.45) is 0. The highest BCUT2D eigenvalue weighted by Crippen LogP contribution is 2.30.